The first-order chi connectivity index (χ1) is 13.7. The largest absolute Gasteiger partial charge is 0.494 e. The number of benzene rings is 1. The van der Waals surface area contributed by atoms with E-state index in [1.807, 2.05) is 31.2 Å². The zero-order valence-corrected chi connectivity index (χ0v) is 18.1. The van der Waals surface area contributed by atoms with Crippen LogP contribution in [-0.2, 0) is 6.42 Å². The summed E-state index contributed by atoms with van der Waals surface area (Å²) in [7, 11) is 0. The van der Waals surface area contributed by atoms with E-state index < -0.39 is 0 Å². The monoisotopic (exact) mass is 463 g/mol. The molecular formula is C19H22BrN5O2S. The molecule has 3 heterocycles. The summed E-state index contributed by atoms with van der Waals surface area (Å²) in [6.07, 6.45) is 4.16. The van der Waals surface area contributed by atoms with Crippen LogP contribution in [0, 0.1) is 5.92 Å². The lowest BCUT2D eigenvalue weighted by Gasteiger charge is -2.31. The van der Waals surface area contributed by atoms with Crippen molar-refractivity contribution in [2.45, 2.75) is 32.6 Å². The van der Waals surface area contributed by atoms with Gasteiger partial charge in [0.25, 0.3) is 5.89 Å². The van der Waals surface area contributed by atoms with Gasteiger partial charge in [0.15, 0.2) is 9.74 Å². The van der Waals surface area contributed by atoms with Gasteiger partial charge < -0.3 is 14.2 Å². The van der Waals surface area contributed by atoms with Crippen LogP contribution in [0.2, 0.25) is 0 Å². The summed E-state index contributed by atoms with van der Waals surface area (Å²) in [6.45, 7) is 4.80. The molecule has 0 atom stereocenters. The summed E-state index contributed by atoms with van der Waals surface area (Å²) >= 11 is 4.97. The molecule has 4 rings (SSSR count). The third kappa shape index (κ3) is 4.70. The second-order valence-corrected chi connectivity index (χ2v) is 9.03. The Balaban J connectivity index is 1.21. The molecule has 1 saturated heterocycles. The molecule has 0 N–H and O–H groups in total. The van der Waals surface area contributed by atoms with E-state index >= 15 is 0 Å². The molecule has 9 heteroatoms. The van der Waals surface area contributed by atoms with Crippen molar-refractivity contribution < 1.29 is 9.26 Å². The van der Waals surface area contributed by atoms with E-state index in [0.29, 0.717) is 11.8 Å². The Morgan fingerprint density at radius 3 is 2.64 bits per heavy atom. The summed E-state index contributed by atoms with van der Waals surface area (Å²) in [6, 6.07) is 7.84. The van der Waals surface area contributed by atoms with Gasteiger partial charge in [-0.25, -0.2) is 0 Å². The first kappa shape index (κ1) is 19.3. The first-order valence-corrected chi connectivity index (χ1v) is 11.1. The molecule has 3 aromatic rings. The molecule has 0 bridgehead atoms. The molecule has 148 valence electrons. The average molecular weight is 464 g/mol. The minimum absolute atomic E-state index is 0.553. The topological polar surface area (TPSA) is 77.2 Å². The van der Waals surface area contributed by atoms with Gasteiger partial charge in [0.05, 0.1) is 6.61 Å². The molecule has 7 nitrogen and oxygen atoms in total. The predicted molar refractivity (Wildman–Crippen MR) is 112 cm³/mol. The zero-order valence-electron chi connectivity index (χ0n) is 15.7. The molecule has 2 aromatic heterocycles. The summed E-state index contributed by atoms with van der Waals surface area (Å²) in [5.74, 6) is 2.84. The van der Waals surface area contributed by atoms with Crippen LogP contribution in [0.3, 0.4) is 0 Å². The number of ether oxygens (including phenoxy) is 1. The van der Waals surface area contributed by atoms with Crippen molar-refractivity contribution in [3.05, 3.63) is 34.0 Å². The number of rotatable bonds is 7. The van der Waals surface area contributed by atoms with Crippen LogP contribution in [0.25, 0.3) is 11.5 Å². The highest BCUT2D eigenvalue weighted by Gasteiger charge is 2.21. The van der Waals surface area contributed by atoms with Gasteiger partial charge in [-0.1, -0.05) is 23.4 Å². The van der Waals surface area contributed by atoms with Crippen molar-refractivity contribution in [2.75, 3.05) is 24.6 Å². The van der Waals surface area contributed by atoms with Crippen LogP contribution in [0.5, 0.6) is 5.75 Å². The maximum absolute atomic E-state index is 5.93. The molecule has 1 aromatic carbocycles. The normalized spacial score (nSPS) is 15.1. The van der Waals surface area contributed by atoms with E-state index in [0.717, 1.165) is 71.6 Å². The van der Waals surface area contributed by atoms with Crippen molar-refractivity contribution in [3.8, 4) is 17.2 Å². The second kappa shape index (κ2) is 9.00. The smallest absolute Gasteiger partial charge is 0.257 e. The Bertz CT molecular complexity index is 890. The van der Waals surface area contributed by atoms with Crippen molar-refractivity contribution in [3.63, 3.8) is 0 Å². The number of hydrogen-bond acceptors (Lipinski definition) is 8. The van der Waals surface area contributed by atoms with E-state index in [-0.39, 0.29) is 0 Å². The highest BCUT2D eigenvalue weighted by molar-refractivity contribution is 9.11. The van der Waals surface area contributed by atoms with Crippen LogP contribution in [0.4, 0.5) is 5.13 Å². The third-order valence-corrected chi connectivity index (χ3v) is 6.37. The van der Waals surface area contributed by atoms with Gasteiger partial charge in [-0.3, -0.25) is 0 Å². The number of hydrogen-bond donors (Lipinski definition) is 0. The van der Waals surface area contributed by atoms with Crippen molar-refractivity contribution in [1.82, 2.24) is 20.3 Å². The van der Waals surface area contributed by atoms with Crippen LogP contribution in [0.15, 0.2) is 32.7 Å². The molecule has 0 saturated carbocycles. The average Bonchev–Trinajstić information content (AvgIpc) is 3.38. The molecular weight excluding hydrogens is 442 g/mol. The quantitative estimate of drug-likeness (QED) is 0.506. The van der Waals surface area contributed by atoms with E-state index in [1.54, 1.807) is 11.3 Å². The van der Waals surface area contributed by atoms with Crippen molar-refractivity contribution >= 4 is 32.4 Å². The molecule has 0 aliphatic carbocycles. The van der Waals surface area contributed by atoms with E-state index in [1.165, 1.54) is 0 Å². The van der Waals surface area contributed by atoms with Crippen LogP contribution < -0.4 is 9.64 Å². The molecule has 0 radical (unpaired) electrons. The van der Waals surface area contributed by atoms with E-state index in [4.69, 9.17) is 9.26 Å². The minimum atomic E-state index is 0.553. The SMILES string of the molecule is CCc1noc(-c2ccc(OCCC3CCN(c4nnc(Br)s4)CC3)cc2)n1. The Kier molecular flexibility index (Phi) is 6.21. The van der Waals surface area contributed by atoms with Crippen LogP contribution in [-0.4, -0.2) is 40.0 Å². The lowest BCUT2D eigenvalue weighted by molar-refractivity contribution is 0.258. The number of aryl methyl sites for hydroxylation is 1. The Morgan fingerprint density at radius 1 is 1.21 bits per heavy atom. The van der Waals surface area contributed by atoms with Gasteiger partial charge in [-0.15, -0.1) is 10.2 Å². The lowest BCUT2D eigenvalue weighted by Crippen LogP contribution is -2.34. The summed E-state index contributed by atoms with van der Waals surface area (Å²) in [5, 5.41) is 13.2. The summed E-state index contributed by atoms with van der Waals surface area (Å²) in [5.41, 5.74) is 0.912. The fourth-order valence-electron chi connectivity index (χ4n) is 3.29. The number of piperidine rings is 1. The van der Waals surface area contributed by atoms with Gasteiger partial charge in [-0.2, -0.15) is 4.98 Å². The predicted octanol–water partition coefficient (Wildman–Crippen LogP) is 4.60. The molecule has 1 fully saturated rings. The number of anilines is 1. The van der Waals surface area contributed by atoms with Gasteiger partial charge in [0.1, 0.15) is 5.75 Å². The van der Waals surface area contributed by atoms with Crippen molar-refractivity contribution in [2.24, 2.45) is 5.92 Å². The first-order valence-electron chi connectivity index (χ1n) is 9.51. The maximum atomic E-state index is 5.93. The van der Waals surface area contributed by atoms with Gasteiger partial charge in [0, 0.05) is 25.1 Å². The Morgan fingerprint density at radius 2 is 2.00 bits per heavy atom. The summed E-state index contributed by atoms with van der Waals surface area (Å²) < 4.78 is 12.0. The molecule has 0 spiro atoms. The number of halogens is 1. The fraction of sp³-hybridized carbons (Fsp3) is 0.474. The molecule has 0 unspecified atom stereocenters. The van der Waals surface area contributed by atoms with Gasteiger partial charge in [0.2, 0.25) is 5.13 Å². The Labute approximate surface area is 176 Å². The zero-order chi connectivity index (χ0) is 19.3. The van der Waals surface area contributed by atoms with Gasteiger partial charge in [-0.05, 0) is 65.4 Å². The van der Waals surface area contributed by atoms with Crippen LogP contribution in [0.1, 0.15) is 32.0 Å². The molecule has 1 aliphatic heterocycles. The van der Waals surface area contributed by atoms with Gasteiger partial charge >= 0.3 is 0 Å². The molecule has 0 amide bonds. The number of nitrogens with zero attached hydrogens (tertiary/aromatic N) is 5. The minimum Gasteiger partial charge on any atom is -0.494 e. The highest BCUT2D eigenvalue weighted by Crippen LogP contribution is 2.29. The highest BCUT2D eigenvalue weighted by atomic mass is 79.9. The van der Waals surface area contributed by atoms with E-state index in [2.05, 4.69) is 41.2 Å². The standard InChI is InChI=1S/C19H22BrN5O2S/c1-2-16-21-17(27-24-16)14-3-5-15(6-4-14)26-12-9-13-7-10-25(11-8-13)19-23-22-18(20)28-19/h3-6,13H,2,7-12H2,1H3. The Hall–Kier alpha value is -2.00. The molecule has 28 heavy (non-hydrogen) atoms. The lowest BCUT2D eigenvalue weighted by atomic mass is 9.94. The van der Waals surface area contributed by atoms with E-state index in [9.17, 15) is 0 Å². The second-order valence-electron chi connectivity index (χ2n) is 6.80. The summed E-state index contributed by atoms with van der Waals surface area (Å²) in [4.78, 5) is 6.67. The van der Waals surface area contributed by atoms with Crippen molar-refractivity contribution in [1.29, 1.82) is 0 Å². The third-order valence-electron chi connectivity index (χ3n) is 4.96. The number of aromatic nitrogens is 4. The fourth-order valence-corrected chi connectivity index (χ4v) is 4.43. The maximum Gasteiger partial charge on any atom is 0.257 e. The van der Waals surface area contributed by atoms with Crippen LogP contribution >= 0.6 is 27.3 Å². The molecule has 1 aliphatic rings.